The van der Waals surface area contributed by atoms with Crippen molar-refractivity contribution in [3.63, 3.8) is 0 Å². The van der Waals surface area contributed by atoms with E-state index in [1.807, 2.05) is 0 Å². The lowest BCUT2D eigenvalue weighted by Crippen LogP contribution is -2.11. The zero-order valence-electron chi connectivity index (χ0n) is 23.7. The maximum Gasteiger partial charge on any atom is 0.0668 e. The van der Waals surface area contributed by atoms with E-state index in [4.69, 9.17) is 4.99 Å². The molecule has 3 aliphatic rings. The van der Waals surface area contributed by atoms with Crippen molar-refractivity contribution in [3.8, 4) is 22.3 Å². The van der Waals surface area contributed by atoms with Gasteiger partial charge < -0.3 is 0 Å². The van der Waals surface area contributed by atoms with Crippen LogP contribution < -0.4 is 0 Å². The highest BCUT2D eigenvalue weighted by Gasteiger charge is 2.26. The van der Waals surface area contributed by atoms with Gasteiger partial charge in [0.1, 0.15) is 0 Å². The Morgan fingerprint density at radius 1 is 0.619 bits per heavy atom. The normalized spacial score (nSPS) is 17.8. The summed E-state index contributed by atoms with van der Waals surface area (Å²) in [5, 5.41) is 0. The van der Waals surface area contributed by atoms with Crippen molar-refractivity contribution in [2.45, 2.75) is 25.7 Å². The Morgan fingerprint density at radius 2 is 1.33 bits per heavy atom. The largest absolute Gasteiger partial charge is 0.253 e. The average molecular weight is 538 g/mol. The predicted octanol–water partition coefficient (Wildman–Crippen LogP) is 10.5. The summed E-state index contributed by atoms with van der Waals surface area (Å²) in [4.78, 5) is 5.10. The van der Waals surface area contributed by atoms with Crippen molar-refractivity contribution in [2.24, 2.45) is 4.99 Å². The molecule has 0 radical (unpaired) electrons. The molecule has 2 aliphatic carbocycles. The van der Waals surface area contributed by atoms with Crippen LogP contribution in [0.5, 0.6) is 0 Å². The number of rotatable bonds is 2. The summed E-state index contributed by atoms with van der Waals surface area (Å²) < 4.78 is 0. The molecule has 0 saturated heterocycles. The Bertz CT molecular complexity index is 1980. The summed E-state index contributed by atoms with van der Waals surface area (Å²) >= 11 is 0. The molecule has 1 aliphatic heterocycles. The number of para-hydroxylation sites is 1. The van der Waals surface area contributed by atoms with Gasteiger partial charge in [0.15, 0.2) is 0 Å². The zero-order valence-corrected chi connectivity index (χ0v) is 23.7. The molecule has 0 amide bonds. The van der Waals surface area contributed by atoms with E-state index in [0.29, 0.717) is 5.92 Å². The Hall–Kier alpha value is -5.01. The first-order chi connectivity index (χ1) is 20.7. The molecule has 1 nitrogen and oxygen atoms in total. The van der Waals surface area contributed by atoms with Crippen molar-refractivity contribution in [3.05, 3.63) is 179 Å². The first-order valence-electron chi connectivity index (χ1n) is 14.9. The van der Waals surface area contributed by atoms with Crippen LogP contribution in [0.2, 0.25) is 0 Å². The SMILES string of the molecule is C/C1=N\c2ccccc2Cc2ccccc2-c2cc(-c3ccc(C4=CC5=CC=CCC5c5ccccc54)cc3)ccc21. The van der Waals surface area contributed by atoms with Crippen LogP contribution in [-0.4, -0.2) is 5.71 Å². The van der Waals surface area contributed by atoms with Gasteiger partial charge in [-0.1, -0.05) is 121 Å². The van der Waals surface area contributed by atoms with Crippen molar-refractivity contribution < 1.29 is 0 Å². The zero-order chi connectivity index (χ0) is 28.0. The van der Waals surface area contributed by atoms with Gasteiger partial charge in [0, 0.05) is 23.6 Å². The lowest BCUT2D eigenvalue weighted by atomic mass is 9.75. The molecule has 8 rings (SSSR count). The minimum absolute atomic E-state index is 0.463. The van der Waals surface area contributed by atoms with Crippen molar-refractivity contribution in [2.75, 3.05) is 0 Å². The van der Waals surface area contributed by atoms with Crippen molar-refractivity contribution in [1.29, 1.82) is 0 Å². The second kappa shape index (κ2) is 10.1. The maximum atomic E-state index is 5.10. The molecule has 0 aromatic heterocycles. The fourth-order valence-corrected chi connectivity index (χ4v) is 6.89. The molecule has 0 spiro atoms. The summed E-state index contributed by atoms with van der Waals surface area (Å²) in [5.41, 5.74) is 17.6. The topological polar surface area (TPSA) is 12.4 Å². The standard InChI is InChI=1S/C41H31N/c1-27-34-23-22-30(25-40(34)36-14-6-2-10-31(36)24-33-12-4-9-17-41(33)42-27)28-18-20-29(21-19-28)39-26-32-11-3-5-13-35(32)37-15-7-8-16-38(37)39/h2-12,14-23,25-26,35H,13,24H2,1H3/b42-27+. The van der Waals surface area contributed by atoms with Crippen LogP contribution in [-0.2, 0) is 6.42 Å². The minimum Gasteiger partial charge on any atom is -0.253 e. The highest BCUT2D eigenvalue weighted by Crippen LogP contribution is 2.44. The van der Waals surface area contributed by atoms with Gasteiger partial charge in [-0.2, -0.15) is 0 Å². The van der Waals surface area contributed by atoms with E-state index >= 15 is 0 Å². The van der Waals surface area contributed by atoms with E-state index in [1.54, 1.807) is 0 Å². The highest BCUT2D eigenvalue weighted by atomic mass is 14.7. The molecule has 0 fully saturated rings. The Kier molecular flexibility index (Phi) is 5.96. The van der Waals surface area contributed by atoms with Gasteiger partial charge in [0.2, 0.25) is 0 Å². The molecule has 0 saturated carbocycles. The molecular weight excluding hydrogens is 506 g/mol. The van der Waals surface area contributed by atoms with Gasteiger partial charge in [-0.15, -0.1) is 0 Å². The van der Waals surface area contributed by atoms with Crippen LogP contribution in [0.3, 0.4) is 0 Å². The van der Waals surface area contributed by atoms with Gasteiger partial charge in [0.25, 0.3) is 0 Å². The van der Waals surface area contributed by atoms with E-state index in [-0.39, 0.29) is 0 Å². The van der Waals surface area contributed by atoms with Crippen LogP contribution in [0.25, 0.3) is 27.8 Å². The van der Waals surface area contributed by atoms with Gasteiger partial charge in [-0.25, -0.2) is 0 Å². The summed E-state index contributed by atoms with van der Waals surface area (Å²) in [6.45, 7) is 2.13. The average Bonchev–Trinajstić information content (AvgIpc) is 3.10. The first-order valence-corrected chi connectivity index (χ1v) is 14.9. The number of aliphatic imine (C=N–C) groups is 1. The van der Waals surface area contributed by atoms with Crippen LogP contribution in [0.1, 0.15) is 52.6 Å². The molecule has 0 bridgehead atoms. The maximum absolute atomic E-state index is 5.10. The summed E-state index contributed by atoms with van der Waals surface area (Å²) in [7, 11) is 0. The van der Waals surface area contributed by atoms with Gasteiger partial charge >= 0.3 is 0 Å². The molecule has 0 N–H and O–H groups in total. The lowest BCUT2D eigenvalue weighted by molar-refractivity contribution is 0.808. The molecule has 1 heterocycles. The number of allylic oxidation sites excluding steroid dienone is 5. The summed E-state index contributed by atoms with van der Waals surface area (Å²) in [5.74, 6) is 0.463. The quantitative estimate of drug-likeness (QED) is 0.212. The van der Waals surface area contributed by atoms with Crippen molar-refractivity contribution >= 4 is 17.0 Å². The third-order valence-electron chi connectivity index (χ3n) is 9.04. The Balaban J connectivity index is 1.21. The monoisotopic (exact) mass is 537 g/mol. The second-order valence-electron chi connectivity index (χ2n) is 11.5. The van der Waals surface area contributed by atoms with Gasteiger partial charge in [-0.05, 0) is 92.8 Å². The molecule has 5 aromatic carbocycles. The van der Waals surface area contributed by atoms with Crippen LogP contribution in [0.4, 0.5) is 5.69 Å². The van der Waals surface area contributed by atoms with Crippen LogP contribution in [0, 0.1) is 0 Å². The Labute approximate surface area is 247 Å². The van der Waals surface area contributed by atoms with E-state index < -0.39 is 0 Å². The number of fused-ring (bicyclic) bond motifs is 7. The Morgan fingerprint density at radius 3 is 2.21 bits per heavy atom. The molecule has 5 aromatic rings. The molecule has 200 valence electrons. The number of nitrogens with zero attached hydrogens (tertiary/aromatic N) is 1. The third-order valence-corrected chi connectivity index (χ3v) is 9.04. The number of benzene rings is 5. The van der Waals surface area contributed by atoms with E-state index in [2.05, 4.69) is 146 Å². The predicted molar refractivity (Wildman–Crippen MR) is 177 cm³/mol. The van der Waals surface area contributed by atoms with E-state index in [9.17, 15) is 0 Å². The van der Waals surface area contributed by atoms with Gasteiger partial charge in [-0.3, -0.25) is 4.99 Å². The molecular formula is C41H31N. The number of hydrogen-bond acceptors (Lipinski definition) is 1. The number of hydrogen-bond donors (Lipinski definition) is 0. The van der Waals surface area contributed by atoms with Crippen molar-refractivity contribution in [1.82, 2.24) is 0 Å². The van der Waals surface area contributed by atoms with Crippen LogP contribution in [0.15, 0.2) is 150 Å². The lowest BCUT2D eigenvalue weighted by Gasteiger charge is -2.29. The van der Waals surface area contributed by atoms with Gasteiger partial charge in [0.05, 0.1) is 5.69 Å². The molecule has 1 atom stereocenters. The first kappa shape index (κ1) is 24.8. The molecule has 1 heteroatoms. The summed E-state index contributed by atoms with van der Waals surface area (Å²) in [6.07, 6.45) is 11.1. The third kappa shape index (κ3) is 4.21. The summed E-state index contributed by atoms with van der Waals surface area (Å²) in [6, 6.07) is 42.3. The fraction of sp³-hybridized carbons (Fsp3) is 0.0976. The van der Waals surface area contributed by atoms with E-state index in [1.165, 1.54) is 66.8 Å². The highest BCUT2D eigenvalue weighted by molar-refractivity contribution is 6.07. The van der Waals surface area contributed by atoms with E-state index in [0.717, 1.165) is 24.2 Å². The molecule has 42 heavy (non-hydrogen) atoms. The second-order valence-corrected chi connectivity index (χ2v) is 11.5. The van der Waals surface area contributed by atoms with Crippen LogP contribution >= 0.6 is 0 Å². The smallest absolute Gasteiger partial charge is 0.0668 e. The molecule has 1 unspecified atom stereocenters. The minimum atomic E-state index is 0.463. The fourth-order valence-electron chi connectivity index (χ4n) is 6.89.